The number of aryl methyl sites for hydroxylation is 1. The van der Waals surface area contributed by atoms with E-state index in [-0.39, 0.29) is 0 Å². The summed E-state index contributed by atoms with van der Waals surface area (Å²) in [7, 11) is 0. The van der Waals surface area contributed by atoms with Crippen LogP contribution in [0.4, 0.5) is 0 Å². The van der Waals surface area contributed by atoms with Crippen LogP contribution in [0, 0.1) is 0 Å². The van der Waals surface area contributed by atoms with Crippen molar-refractivity contribution in [2.75, 3.05) is 6.61 Å². The van der Waals surface area contributed by atoms with Gasteiger partial charge in [0.1, 0.15) is 19.0 Å². The van der Waals surface area contributed by atoms with Gasteiger partial charge in [0.05, 0.1) is 6.54 Å². The SMILES string of the molecule is CCCC[n+]1cc[nH]c1COCCC. The molecule has 1 aromatic rings. The standard InChI is InChI=1S/C11H20N2O/c1-3-5-7-13-8-6-12-11(13)10-14-9-4-2/h6,8H,3-5,7,9-10H2,1-2H3/p+1. The number of nitrogens with one attached hydrogen (secondary N) is 1. The summed E-state index contributed by atoms with van der Waals surface area (Å²) in [6.07, 6.45) is 7.59. The van der Waals surface area contributed by atoms with E-state index < -0.39 is 0 Å². The largest absolute Gasteiger partial charge is 0.369 e. The minimum absolute atomic E-state index is 0.699. The zero-order valence-corrected chi connectivity index (χ0v) is 9.25. The molecule has 1 N–H and O–H groups in total. The quantitative estimate of drug-likeness (QED) is 0.526. The maximum Gasteiger partial charge on any atom is 0.280 e. The summed E-state index contributed by atoms with van der Waals surface area (Å²) in [5, 5.41) is 0. The Kier molecular flexibility index (Phi) is 5.30. The Morgan fingerprint density at radius 1 is 1.36 bits per heavy atom. The summed E-state index contributed by atoms with van der Waals surface area (Å²) < 4.78 is 7.73. The van der Waals surface area contributed by atoms with E-state index in [0.717, 1.165) is 19.6 Å². The van der Waals surface area contributed by atoms with E-state index in [1.54, 1.807) is 0 Å². The zero-order chi connectivity index (χ0) is 10.2. The van der Waals surface area contributed by atoms with Crippen LogP contribution in [0.2, 0.25) is 0 Å². The van der Waals surface area contributed by atoms with E-state index in [2.05, 4.69) is 29.6 Å². The van der Waals surface area contributed by atoms with Gasteiger partial charge in [0.15, 0.2) is 0 Å². The van der Waals surface area contributed by atoms with Gasteiger partial charge in [-0.3, -0.25) is 0 Å². The number of hydrogen-bond donors (Lipinski definition) is 1. The second kappa shape index (κ2) is 6.60. The molecule has 0 aliphatic rings. The molecular formula is C11H21N2O+. The molecule has 0 amide bonds. The van der Waals surface area contributed by atoms with Crippen LogP contribution < -0.4 is 4.57 Å². The van der Waals surface area contributed by atoms with Crippen molar-refractivity contribution >= 4 is 0 Å². The van der Waals surface area contributed by atoms with Crippen molar-refractivity contribution in [3.8, 4) is 0 Å². The fourth-order valence-electron chi connectivity index (χ4n) is 1.37. The topological polar surface area (TPSA) is 28.9 Å². The number of imidazole rings is 1. The predicted molar refractivity (Wildman–Crippen MR) is 55.8 cm³/mol. The Hall–Kier alpha value is -0.830. The molecule has 3 heteroatoms. The van der Waals surface area contributed by atoms with Crippen LogP contribution in [0.1, 0.15) is 38.9 Å². The Balaban J connectivity index is 2.37. The van der Waals surface area contributed by atoms with Crippen LogP contribution in [0.25, 0.3) is 0 Å². The Labute approximate surface area is 86.1 Å². The average Bonchev–Trinajstić information content (AvgIpc) is 2.63. The van der Waals surface area contributed by atoms with Crippen LogP contribution in [-0.4, -0.2) is 11.6 Å². The van der Waals surface area contributed by atoms with Crippen LogP contribution >= 0.6 is 0 Å². The lowest BCUT2D eigenvalue weighted by Crippen LogP contribution is -2.36. The molecule has 0 aliphatic carbocycles. The van der Waals surface area contributed by atoms with E-state index >= 15 is 0 Å². The van der Waals surface area contributed by atoms with Crippen molar-refractivity contribution in [2.24, 2.45) is 0 Å². The summed E-state index contributed by atoms with van der Waals surface area (Å²) in [5.74, 6) is 1.17. The fraction of sp³-hybridized carbons (Fsp3) is 0.727. The molecule has 14 heavy (non-hydrogen) atoms. The number of aromatic nitrogens is 2. The second-order valence-corrected chi connectivity index (χ2v) is 3.51. The monoisotopic (exact) mass is 197 g/mol. The lowest BCUT2D eigenvalue weighted by Gasteiger charge is -2.00. The summed E-state index contributed by atoms with van der Waals surface area (Å²) in [4.78, 5) is 3.21. The maximum absolute atomic E-state index is 5.50. The third-order valence-electron chi connectivity index (χ3n) is 2.19. The molecule has 1 aromatic heterocycles. The number of ether oxygens (including phenoxy) is 1. The first-order valence-electron chi connectivity index (χ1n) is 5.52. The molecule has 0 saturated carbocycles. The molecule has 0 radical (unpaired) electrons. The van der Waals surface area contributed by atoms with Crippen molar-refractivity contribution in [1.82, 2.24) is 4.98 Å². The first kappa shape index (κ1) is 11.2. The second-order valence-electron chi connectivity index (χ2n) is 3.51. The molecule has 0 unspecified atom stereocenters. The molecule has 0 fully saturated rings. The lowest BCUT2D eigenvalue weighted by molar-refractivity contribution is -0.705. The molecule has 0 aliphatic heterocycles. The highest BCUT2D eigenvalue weighted by Gasteiger charge is 2.08. The van der Waals surface area contributed by atoms with E-state index in [0.29, 0.717) is 6.61 Å². The Morgan fingerprint density at radius 2 is 2.21 bits per heavy atom. The summed E-state index contributed by atoms with van der Waals surface area (Å²) in [5.41, 5.74) is 0. The van der Waals surface area contributed by atoms with Gasteiger partial charge in [-0.15, -0.1) is 0 Å². The van der Waals surface area contributed by atoms with Gasteiger partial charge in [-0.25, -0.2) is 9.55 Å². The number of H-pyrrole nitrogens is 1. The van der Waals surface area contributed by atoms with Gasteiger partial charge in [-0.2, -0.15) is 0 Å². The minimum Gasteiger partial charge on any atom is -0.369 e. The number of rotatable bonds is 7. The van der Waals surface area contributed by atoms with Gasteiger partial charge >= 0.3 is 0 Å². The number of nitrogens with zero attached hydrogens (tertiary/aromatic N) is 1. The maximum atomic E-state index is 5.50. The third-order valence-corrected chi connectivity index (χ3v) is 2.19. The van der Waals surface area contributed by atoms with Gasteiger partial charge in [0, 0.05) is 6.61 Å². The average molecular weight is 197 g/mol. The summed E-state index contributed by atoms with van der Waals surface area (Å²) >= 11 is 0. The highest BCUT2D eigenvalue weighted by molar-refractivity contribution is 4.73. The van der Waals surface area contributed by atoms with Crippen LogP contribution in [0.3, 0.4) is 0 Å². The normalized spacial score (nSPS) is 10.7. The van der Waals surface area contributed by atoms with Gasteiger partial charge in [-0.1, -0.05) is 20.3 Å². The Morgan fingerprint density at radius 3 is 2.93 bits per heavy atom. The highest BCUT2D eigenvalue weighted by Crippen LogP contribution is 1.94. The fourth-order valence-corrected chi connectivity index (χ4v) is 1.37. The lowest BCUT2D eigenvalue weighted by atomic mass is 10.3. The molecular weight excluding hydrogens is 176 g/mol. The van der Waals surface area contributed by atoms with Gasteiger partial charge in [-0.05, 0) is 12.8 Å². The van der Waals surface area contributed by atoms with E-state index in [1.165, 1.54) is 18.7 Å². The molecule has 3 nitrogen and oxygen atoms in total. The smallest absolute Gasteiger partial charge is 0.280 e. The van der Waals surface area contributed by atoms with Crippen molar-refractivity contribution in [2.45, 2.75) is 46.3 Å². The number of unbranched alkanes of at least 4 members (excludes halogenated alkanes) is 1. The number of hydrogen-bond acceptors (Lipinski definition) is 1. The summed E-state index contributed by atoms with van der Waals surface area (Å²) in [6, 6.07) is 0. The van der Waals surface area contributed by atoms with Crippen LogP contribution in [-0.2, 0) is 17.9 Å². The van der Waals surface area contributed by atoms with Gasteiger partial charge in [0.2, 0.25) is 0 Å². The third kappa shape index (κ3) is 3.50. The first-order valence-corrected chi connectivity index (χ1v) is 5.52. The first-order chi connectivity index (χ1) is 6.88. The van der Waals surface area contributed by atoms with E-state index in [4.69, 9.17) is 4.74 Å². The Bertz CT molecular complexity index is 245. The molecule has 0 bridgehead atoms. The summed E-state index contributed by atoms with van der Waals surface area (Å²) in [6.45, 7) is 6.96. The molecule has 80 valence electrons. The van der Waals surface area contributed by atoms with Crippen molar-refractivity contribution in [3.05, 3.63) is 18.2 Å². The molecule has 0 spiro atoms. The van der Waals surface area contributed by atoms with Crippen LogP contribution in [0.5, 0.6) is 0 Å². The molecule has 1 rings (SSSR count). The van der Waals surface area contributed by atoms with Crippen molar-refractivity contribution in [3.63, 3.8) is 0 Å². The van der Waals surface area contributed by atoms with E-state index in [1.807, 2.05) is 6.20 Å². The van der Waals surface area contributed by atoms with Gasteiger partial charge in [0.25, 0.3) is 5.82 Å². The highest BCUT2D eigenvalue weighted by atomic mass is 16.5. The van der Waals surface area contributed by atoms with Crippen molar-refractivity contribution < 1.29 is 9.30 Å². The zero-order valence-electron chi connectivity index (χ0n) is 9.25. The molecule has 0 saturated heterocycles. The molecule has 0 aromatic carbocycles. The predicted octanol–water partition coefficient (Wildman–Crippen LogP) is 2.03. The molecule has 1 heterocycles. The van der Waals surface area contributed by atoms with Crippen molar-refractivity contribution in [1.29, 1.82) is 0 Å². The molecule has 0 atom stereocenters. The minimum atomic E-state index is 0.699. The number of aromatic amines is 1. The van der Waals surface area contributed by atoms with Crippen LogP contribution in [0.15, 0.2) is 12.4 Å². The van der Waals surface area contributed by atoms with E-state index in [9.17, 15) is 0 Å². The van der Waals surface area contributed by atoms with Gasteiger partial charge < -0.3 is 4.74 Å².